The van der Waals surface area contributed by atoms with Crippen LogP contribution in [0.3, 0.4) is 0 Å². The highest BCUT2D eigenvalue weighted by molar-refractivity contribution is 6.31. The molecule has 3 N–H and O–H groups in total. The van der Waals surface area contributed by atoms with Gasteiger partial charge in [0.05, 0.1) is 12.2 Å². The number of aliphatic hydroxyl groups excluding tert-OH is 3. The van der Waals surface area contributed by atoms with E-state index in [4.69, 9.17) is 21.1 Å². The number of rotatable bonds is 6. The first-order valence-electron chi connectivity index (χ1n) is 10.0. The Morgan fingerprint density at radius 2 is 1.72 bits per heavy atom. The van der Waals surface area contributed by atoms with Gasteiger partial charge in [-0.25, -0.2) is 0 Å². The molecular formula is C23H29ClO5. The lowest BCUT2D eigenvalue weighted by Gasteiger charge is -2.47. The van der Waals surface area contributed by atoms with Gasteiger partial charge in [-0.3, -0.25) is 0 Å². The molecule has 1 unspecified atom stereocenters. The molecule has 0 spiro atoms. The van der Waals surface area contributed by atoms with E-state index in [0.29, 0.717) is 30.0 Å². The molecule has 29 heavy (non-hydrogen) atoms. The predicted octanol–water partition coefficient (Wildman–Crippen LogP) is 3.65. The van der Waals surface area contributed by atoms with Crippen LogP contribution in [0.25, 0.3) is 0 Å². The fourth-order valence-corrected chi connectivity index (χ4v) is 3.90. The number of hydrogen-bond acceptors (Lipinski definition) is 5. The molecule has 0 amide bonds. The van der Waals surface area contributed by atoms with Crippen LogP contribution < -0.4 is 4.74 Å². The molecule has 2 aromatic rings. The summed E-state index contributed by atoms with van der Waals surface area (Å²) in [6.45, 7) is 6.19. The van der Waals surface area contributed by atoms with Gasteiger partial charge in [-0.2, -0.15) is 0 Å². The second kappa shape index (κ2) is 9.02. The Hall–Kier alpha value is -1.63. The molecule has 3 rings (SSSR count). The third-order valence-electron chi connectivity index (χ3n) is 5.73. The fourth-order valence-electron chi connectivity index (χ4n) is 3.71. The maximum Gasteiger partial charge on any atom is 0.119 e. The zero-order chi connectivity index (χ0) is 21.2. The van der Waals surface area contributed by atoms with Crippen LogP contribution in [0.1, 0.15) is 50.0 Å². The van der Waals surface area contributed by atoms with Crippen molar-refractivity contribution in [2.24, 2.45) is 0 Å². The number of hydrogen-bond donors (Lipinski definition) is 3. The Bertz CT molecular complexity index is 825. The molecule has 0 aromatic heterocycles. The minimum absolute atomic E-state index is 0.501. The van der Waals surface area contributed by atoms with Gasteiger partial charge in [-0.1, -0.05) is 42.8 Å². The molecule has 1 aliphatic rings. The number of aliphatic hydroxyl groups is 3. The van der Waals surface area contributed by atoms with Crippen molar-refractivity contribution in [3.05, 3.63) is 64.2 Å². The Balaban J connectivity index is 1.86. The molecule has 1 fully saturated rings. The van der Waals surface area contributed by atoms with E-state index in [0.717, 1.165) is 16.9 Å². The van der Waals surface area contributed by atoms with Gasteiger partial charge in [-0.05, 0) is 61.6 Å². The lowest BCUT2D eigenvalue weighted by molar-refractivity contribution is -0.266. The van der Waals surface area contributed by atoms with Crippen LogP contribution in [0, 0.1) is 0 Å². The molecular weight excluding hydrogens is 392 g/mol. The van der Waals surface area contributed by atoms with E-state index in [-0.39, 0.29) is 0 Å². The SMILES string of the molecule is CCOc1ccc(Cc2cc([C@@H]3OC(C)(CC)[C@@H](O)[C@H](O)[C@H]3O)ccc2Cl)cc1. The normalized spacial score (nSPS) is 29.6. The monoisotopic (exact) mass is 420 g/mol. The van der Waals surface area contributed by atoms with E-state index in [1.807, 2.05) is 44.2 Å². The van der Waals surface area contributed by atoms with Gasteiger partial charge in [-0.15, -0.1) is 0 Å². The Morgan fingerprint density at radius 3 is 2.34 bits per heavy atom. The second-order valence-electron chi connectivity index (χ2n) is 7.74. The maximum absolute atomic E-state index is 10.5. The Labute approximate surface area is 176 Å². The summed E-state index contributed by atoms with van der Waals surface area (Å²) in [5.41, 5.74) is 1.74. The molecule has 0 aliphatic carbocycles. The minimum Gasteiger partial charge on any atom is -0.494 e. The van der Waals surface area contributed by atoms with Crippen molar-refractivity contribution in [1.29, 1.82) is 0 Å². The van der Waals surface area contributed by atoms with Crippen LogP contribution in [-0.4, -0.2) is 45.8 Å². The summed E-state index contributed by atoms with van der Waals surface area (Å²) in [7, 11) is 0. The minimum atomic E-state index is -1.29. The summed E-state index contributed by atoms with van der Waals surface area (Å²) >= 11 is 6.42. The lowest BCUT2D eigenvalue weighted by Crippen LogP contribution is -2.60. The highest BCUT2D eigenvalue weighted by Gasteiger charge is 2.50. The van der Waals surface area contributed by atoms with Crippen molar-refractivity contribution < 1.29 is 24.8 Å². The summed E-state index contributed by atoms with van der Waals surface area (Å²) in [5.74, 6) is 0.821. The maximum atomic E-state index is 10.5. The largest absolute Gasteiger partial charge is 0.494 e. The molecule has 158 valence electrons. The summed E-state index contributed by atoms with van der Waals surface area (Å²) < 4.78 is 11.6. The quantitative estimate of drug-likeness (QED) is 0.664. The first-order chi connectivity index (χ1) is 13.8. The average molecular weight is 421 g/mol. The zero-order valence-corrected chi connectivity index (χ0v) is 17.8. The number of benzene rings is 2. The fraction of sp³-hybridized carbons (Fsp3) is 0.478. The standard InChI is InChI=1S/C23H29ClO5/c1-4-23(3)22(27)20(26)19(25)21(29-23)15-8-11-18(24)16(13-15)12-14-6-9-17(10-7-14)28-5-2/h6-11,13,19-22,25-27H,4-5,12H2,1-3H3/t19-,20-,21+,22+,23?/m1/s1. The van der Waals surface area contributed by atoms with E-state index in [1.54, 1.807) is 19.1 Å². The Morgan fingerprint density at radius 1 is 1.03 bits per heavy atom. The first-order valence-corrected chi connectivity index (χ1v) is 10.4. The van der Waals surface area contributed by atoms with Gasteiger partial charge in [0, 0.05) is 5.02 Å². The molecule has 2 aromatic carbocycles. The smallest absolute Gasteiger partial charge is 0.119 e. The van der Waals surface area contributed by atoms with Crippen molar-refractivity contribution >= 4 is 11.6 Å². The molecule has 5 nitrogen and oxygen atoms in total. The van der Waals surface area contributed by atoms with Gasteiger partial charge < -0.3 is 24.8 Å². The van der Waals surface area contributed by atoms with Crippen LogP contribution in [0.5, 0.6) is 5.75 Å². The van der Waals surface area contributed by atoms with Gasteiger partial charge >= 0.3 is 0 Å². The highest BCUT2D eigenvalue weighted by atomic mass is 35.5. The average Bonchev–Trinajstić information content (AvgIpc) is 2.72. The zero-order valence-electron chi connectivity index (χ0n) is 17.0. The van der Waals surface area contributed by atoms with E-state index in [1.165, 1.54) is 0 Å². The number of ether oxygens (including phenoxy) is 2. The first kappa shape index (κ1) is 22.1. The third kappa shape index (κ3) is 4.60. The van der Waals surface area contributed by atoms with Crippen molar-refractivity contribution in [2.45, 2.75) is 63.6 Å². The van der Waals surface area contributed by atoms with Gasteiger partial charge in [0.15, 0.2) is 0 Å². The summed E-state index contributed by atoms with van der Waals surface area (Å²) in [6.07, 6.45) is -3.32. The van der Waals surface area contributed by atoms with Crippen LogP contribution in [0.4, 0.5) is 0 Å². The molecule has 0 bridgehead atoms. The van der Waals surface area contributed by atoms with Crippen molar-refractivity contribution in [3.8, 4) is 5.75 Å². The Kier molecular flexibility index (Phi) is 6.87. The van der Waals surface area contributed by atoms with Gasteiger partial charge in [0.2, 0.25) is 0 Å². The molecule has 1 aliphatic heterocycles. The summed E-state index contributed by atoms with van der Waals surface area (Å²) in [4.78, 5) is 0. The number of halogens is 1. The van der Waals surface area contributed by atoms with Crippen LogP contribution in [-0.2, 0) is 11.2 Å². The van der Waals surface area contributed by atoms with E-state index < -0.39 is 30.0 Å². The molecule has 1 saturated heterocycles. The van der Waals surface area contributed by atoms with E-state index in [9.17, 15) is 15.3 Å². The van der Waals surface area contributed by atoms with Crippen molar-refractivity contribution in [1.82, 2.24) is 0 Å². The molecule has 1 heterocycles. The lowest BCUT2D eigenvalue weighted by atomic mass is 9.82. The predicted molar refractivity (Wildman–Crippen MR) is 112 cm³/mol. The van der Waals surface area contributed by atoms with Crippen molar-refractivity contribution in [2.75, 3.05) is 6.61 Å². The van der Waals surface area contributed by atoms with Gasteiger partial charge in [0.25, 0.3) is 0 Å². The van der Waals surface area contributed by atoms with Gasteiger partial charge in [0.1, 0.15) is 30.2 Å². The molecule has 6 heteroatoms. The van der Waals surface area contributed by atoms with E-state index >= 15 is 0 Å². The van der Waals surface area contributed by atoms with Crippen LogP contribution in [0.15, 0.2) is 42.5 Å². The molecule has 0 saturated carbocycles. The van der Waals surface area contributed by atoms with Crippen molar-refractivity contribution in [3.63, 3.8) is 0 Å². The topological polar surface area (TPSA) is 79.2 Å². The summed E-state index contributed by atoms with van der Waals surface area (Å²) in [6, 6.07) is 13.3. The third-order valence-corrected chi connectivity index (χ3v) is 6.10. The van der Waals surface area contributed by atoms with Crippen LogP contribution in [0.2, 0.25) is 5.02 Å². The second-order valence-corrected chi connectivity index (χ2v) is 8.14. The molecule has 0 radical (unpaired) electrons. The van der Waals surface area contributed by atoms with Crippen LogP contribution >= 0.6 is 11.6 Å². The molecule has 5 atom stereocenters. The summed E-state index contributed by atoms with van der Waals surface area (Å²) in [5, 5.41) is 31.8. The van der Waals surface area contributed by atoms with E-state index in [2.05, 4.69) is 0 Å². The highest BCUT2D eigenvalue weighted by Crippen LogP contribution is 2.40.